The van der Waals surface area contributed by atoms with Crippen LogP contribution in [0, 0.1) is 6.92 Å². The van der Waals surface area contributed by atoms with E-state index in [1.165, 1.54) is 30.4 Å². The third-order valence-corrected chi connectivity index (χ3v) is 2.88. The summed E-state index contributed by atoms with van der Waals surface area (Å²) >= 11 is 0. The highest BCUT2D eigenvalue weighted by atomic mass is 14.9. The van der Waals surface area contributed by atoms with Gasteiger partial charge in [-0.1, -0.05) is 6.07 Å². The molecular formula is C13H18N+. The van der Waals surface area contributed by atoms with Crippen LogP contribution >= 0.6 is 0 Å². The Hall–Kier alpha value is -1.11. The van der Waals surface area contributed by atoms with Crippen LogP contribution in [-0.2, 0) is 12.8 Å². The van der Waals surface area contributed by atoms with Gasteiger partial charge in [-0.25, -0.2) is 4.58 Å². The van der Waals surface area contributed by atoms with Gasteiger partial charge in [-0.3, -0.25) is 0 Å². The summed E-state index contributed by atoms with van der Waals surface area (Å²) in [5, 5.41) is 0. The lowest BCUT2D eigenvalue weighted by Crippen LogP contribution is -2.02. The molecule has 0 bridgehead atoms. The zero-order chi connectivity index (χ0) is 10.1. The van der Waals surface area contributed by atoms with E-state index in [4.69, 9.17) is 0 Å². The second kappa shape index (κ2) is 3.56. The van der Waals surface area contributed by atoms with E-state index in [0.717, 1.165) is 0 Å². The second-order valence-corrected chi connectivity index (χ2v) is 4.42. The van der Waals surface area contributed by atoms with Crippen molar-refractivity contribution in [1.82, 2.24) is 0 Å². The summed E-state index contributed by atoms with van der Waals surface area (Å²) in [5.74, 6) is 0. The van der Waals surface area contributed by atoms with Crippen molar-refractivity contribution in [3.63, 3.8) is 0 Å². The maximum absolute atomic E-state index is 2.36. The minimum Gasteiger partial charge on any atom is -0.241 e. The maximum atomic E-state index is 2.36. The summed E-state index contributed by atoms with van der Waals surface area (Å²) in [6, 6.07) is 4.72. The quantitative estimate of drug-likeness (QED) is 0.469. The molecule has 0 radical (unpaired) electrons. The molecule has 0 atom stereocenters. The average molecular weight is 188 g/mol. The van der Waals surface area contributed by atoms with E-state index < -0.39 is 0 Å². The summed E-state index contributed by atoms with van der Waals surface area (Å²) in [6.45, 7) is 2.20. The molecule has 0 heterocycles. The van der Waals surface area contributed by atoms with Crippen molar-refractivity contribution in [2.45, 2.75) is 26.2 Å². The highest BCUT2D eigenvalue weighted by Gasteiger charge is 2.13. The standard InChI is InChI=1S/C13H18N/c1-10-7-11-5-4-6-12(11)8-13(10)9-14(2)3/h7-9H,4-6H2,1-3H3/q+1. The molecule has 1 nitrogen and oxygen atoms in total. The lowest BCUT2D eigenvalue weighted by Gasteiger charge is -2.03. The first-order valence-electron chi connectivity index (χ1n) is 5.30. The Morgan fingerprint density at radius 2 is 1.79 bits per heavy atom. The lowest BCUT2D eigenvalue weighted by atomic mass is 10.0. The van der Waals surface area contributed by atoms with Crippen molar-refractivity contribution in [3.05, 3.63) is 34.4 Å². The number of nitrogens with zero attached hydrogens (tertiary/aromatic N) is 1. The van der Waals surface area contributed by atoms with Crippen molar-refractivity contribution < 1.29 is 4.58 Å². The van der Waals surface area contributed by atoms with E-state index in [-0.39, 0.29) is 0 Å². The molecule has 0 saturated heterocycles. The largest absolute Gasteiger partial charge is 0.241 e. The van der Waals surface area contributed by atoms with Crippen LogP contribution in [0.15, 0.2) is 12.1 Å². The van der Waals surface area contributed by atoms with Crippen LogP contribution in [0.5, 0.6) is 0 Å². The smallest absolute Gasteiger partial charge is 0.170 e. The second-order valence-electron chi connectivity index (χ2n) is 4.42. The van der Waals surface area contributed by atoms with E-state index in [9.17, 15) is 0 Å². The third-order valence-electron chi connectivity index (χ3n) is 2.88. The Kier molecular flexibility index (Phi) is 2.40. The molecule has 1 aliphatic carbocycles. The molecule has 14 heavy (non-hydrogen) atoms. The Morgan fingerprint density at radius 3 is 2.43 bits per heavy atom. The minimum atomic E-state index is 1.27. The van der Waals surface area contributed by atoms with Crippen LogP contribution in [0.1, 0.15) is 28.7 Å². The Balaban J connectivity index is 2.47. The molecule has 0 aromatic heterocycles. The van der Waals surface area contributed by atoms with Crippen molar-refractivity contribution in [1.29, 1.82) is 0 Å². The monoisotopic (exact) mass is 188 g/mol. The summed E-state index contributed by atoms with van der Waals surface area (Å²) in [5.41, 5.74) is 5.90. The normalized spacial score (nSPS) is 13.9. The number of hydrogen-bond acceptors (Lipinski definition) is 0. The number of hydrogen-bond donors (Lipinski definition) is 0. The molecule has 0 fully saturated rings. The van der Waals surface area contributed by atoms with Crippen molar-refractivity contribution in [3.8, 4) is 0 Å². The number of rotatable bonds is 1. The summed E-state index contributed by atoms with van der Waals surface area (Å²) in [4.78, 5) is 0. The maximum Gasteiger partial charge on any atom is 0.170 e. The van der Waals surface area contributed by atoms with Crippen LogP contribution in [0.3, 0.4) is 0 Å². The molecule has 1 aromatic carbocycles. The fourth-order valence-corrected chi connectivity index (χ4v) is 2.18. The molecule has 0 amide bonds. The molecule has 1 heteroatoms. The van der Waals surface area contributed by atoms with Crippen LogP contribution in [0.4, 0.5) is 0 Å². The van der Waals surface area contributed by atoms with E-state index in [1.54, 1.807) is 11.1 Å². The van der Waals surface area contributed by atoms with Crippen molar-refractivity contribution in [2.75, 3.05) is 14.1 Å². The fourth-order valence-electron chi connectivity index (χ4n) is 2.18. The predicted molar refractivity (Wildman–Crippen MR) is 60.5 cm³/mol. The van der Waals surface area contributed by atoms with Gasteiger partial charge >= 0.3 is 0 Å². The van der Waals surface area contributed by atoms with Crippen LogP contribution in [-0.4, -0.2) is 24.9 Å². The minimum absolute atomic E-state index is 1.27. The third kappa shape index (κ3) is 1.72. The van der Waals surface area contributed by atoms with Gasteiger partial charge in [-0.15, -0.1) is 0 Å². The van der Waals surface area contributed by atoms with Gasteiger partial charge in [0, 0.05) is 5.56 Å². The summed E-state index contributed by atoms with van der Waals surface area (Å²) in [6.07, 6.45) is 6.08. The highest BCUT2D eigenvalue weighted by molar-refractivity contribution is 5.78. The van der Waals surface area contributed by atoms with Crippen molar-refractivity contribution >= 4 is 6.21 Å². The predicted octanol–water partition coefficient (Wildman–Crippen LogP) is 2.17. The zero-order valence-electron chi connectivity index (χ0n) is 9.30. The fraction of sp³-hybridized carbons (Fsp3) is 0.462. The van der Waals surface area contributed by atoms with Crippen molar-refractivity contribution in [2.24, 2.45) is 0 Å². The first-order chi connectivity index (χ1) is 6.66. The molecule has 74 valence electrons. The van der Waals surface area contributed by atoms with E-state index in [2.05, 4.69) is 43.9 Å². The van der Waals surface area contributed by atoms with Gasteiger partial charge in [0.25, 0.3) is 0 Å². The summed E-state index contributed by atoms with van der Waals surface area (Å²) in [7, 11) is 4.15. The van der Waals surface area contributed by atoms with Gasteiger partial charge in [-0.2, -0.15) is 0 Å². The highest BCUT2D eigenvalue weighted by Crippen LogP contribution is 2.24. The first kappa shape index (κ1) is 9.45. The van der Waals surface area contributed by atoms with Gasteiger partial charge in [0.05, 0.1) is 0 Å². The summed E-state index contributed by atoms with van der Waals surface area (Å²) < 4.78 is 2.11. The zero-order valence-corrected chi connectivity index (χ0v) is 9.30. The van der Waals surface area contributed by atoms with E-state index in [0.29, 0.717) is 0 Å². The lowest BCUT2D eigenvalue weighted by molar-refractivity contribution is -0.458. The number of benzene rings is 1. The molecule has 0 N–H and O–H groups in total. The molecule has 0 aliphatic heterocycles. The molecular weight excluding hydrogens is 170 g/mol. The molecule has 1 aromatic rings. The van der Waals surface area contributed by atoms with Gasteiger partial charge < -0.3 is 0 Å². The van der Waals surface area contributed by atoms with E-state index >= 15 is 0 Å². The Bertz CT molecular complexity index is 384. The van der Waals surface area contributed by atoms with E-state index in [1.807, 2.05) is 0 Å². The number of fused-ring (bicyclic) bond motifs is 1. The molecule has 2 rings (SSSR count). The van der Waals surface area contributed by atoms with Gasteiger partial charge in [0.2, 0.25) is 0 Å². The molecule has 0 spiro atoms. The van der Waals surface area contributed by atoms with Crippen LogP contribution < -0.4 is 0 Å². The SMILES string of the molecule is Cc1cc2c(cc1C=[N+](C)C)CCC2. The van der Waals surface area contributed by atoms with Gasteiger partial charge in [0.15, 0.2) is 6.21 Å². The topological polar surface area (TPSA) is 3.01 Å². The van der Waals surface area contributed by atoms with Gasteiger partial charge in [0.1, 0.15) is 14.1 Å². The first-order valence-corrected chi connectivity index (χ1v) is 5.30. The molecule has 0 unspecified atom stereocenters. The Morgan fingerprint density at radius 1 is 1.14 bits per heavy atom. The van der Waals surface area contributed by atoms with Crippen LogP contribution in [0.2, 0.25) is 0 Å². The van der Waals surface area contributed by atoms with Crippen LogP contribution in [0.25, 0.3) is 0 Å². The molecule has 0 saturated carbocycles. The number of aryl methyl sites for hydroxylation is 3. The average Bonchev–Trinajstić information content (AvgIpc) is 2.51. The van der Waals surface area contributed by atoms with Gasteiger partial charge in [-0.05, 0) is 48.9 Å². The Labute approximate surface area is 86.1 Å². The molecule has 1 aliphatic rings.